The first-order valence-corrected chi connectivity index (χ1v) is 14.7. The Labute approximate surface area is 238 Å². The molecule has 2 aromatic carbocycles. The van der Waals surface area contributed by atoms with E-state index in [0.717, 1.165) is 43.4 Å². The second-order valence-corrected chi connectivity index (χ2v) is 11.9. The van der Waals surface area contributed by atoms with E-state index in [1.807, 2.05) is 29.2 Å². The van der Waals surface area contributed by atoms with Gasteiger partial charge in [0.05, 0.1) is 11.7 Å². The van der Waals surface area contributed by atoms with Gasteiger partial charge in [0.15, 0.2) is 5.65 Å². The van der Waals surface area contributed by atoms with E-state index < -0.39 is 0 Å². The molecular weight excluding hydrogens is 517 g/mol. The molecule has 2 saturated carbocycles. The summed E-state index contributed by atoms with van der Waals surface area (Å²) in [7, 11) is 1.65. The maximum Gasteiger partial charge on any atom is 0.273 e. The van der Waals surface area contributed by atoms with E-state index in [1.165, 1.54) is 11.1 Å². The summed E-state index contributed by atoms with van der Waals surface area (Å²) in [4.78, 5) is 32.1. The monoisotopic (exact) mass is 551 g/mol. The fraction of sp³-hybridized carbons (Fsp3) is 0.394. The van der Waals surface area contributed by atoms with Crippen molar-refractivity contribution < 1.29 is 14.0 Å². The molecule has 8 heteroatoms. The summed E-state index contributed by atoms with van der Waals surface area (Å²) in [6, 6.07) is 17.3. The van der Waals surface area contributed by atoms with Gasteiger partial charge in [-0.25, -0.2) is 13.9 Å². The zero-order valence-corrected chi connectivity index (χ0v) is 23.4. The van der Waals surface area contributed by atoms with Gasteiger partial charge in [-0.3, -0.25) is 9.59 Å². The molecule has 1 aliphatic heterocycles. The Morgan fingerprint density at radius 1 is 1.05 bits per heavy atom. The molecule has 0 radical (unpaired) electrons. The number of rotatable bonds is 6. The minimum absolute atomic E-state index is 0.0299. The molecule has 3 heterocycles. The first-order valence-electron chi connectivity index (χ1n) is 14.7. The number of carbonyl (C=O) groups is 2. The van der Waals surface area contributed by atoms with Crippen LogP contribution in [0, 0.1) is 11.7 Å². The first kappa shape index (κ1) is 25.9. The van der Waals surface area contributed by atoms with E-state index in [4.69, 9.17) is 10.1 Å². The zero-order chi connectivity index (χ0) is 28.2. The summed E-state index contributed by atoms with van der Waals surface area (Å²) in [5.41, 5.74) is 6.33. The van der Waals surface area contributed by atoms with E-state index in [2.05, 4.69) is 24.4 Å². The standard InChI is InChI=1S/C33H34FN5O2/c1-19-25-6-4-3-5-21(25)11-12-38(19)33(41)29-17-30(22-7-8-22)39-31(36-29)18-28(37-39)26-10-9-23(16-27(26)34)24-13-20(14-24)15-32(40)35-2/h3-6,9-10,16-20,22,24H,7-8,11-15H2,1-2H3,(H,35,40)/t19-,20-,24+/m1/s1. The number of aromatic nitrogens is 3. The molecule has 2 aliphatic carbocycles. The Morgan fingerprint density at radius 3 is 2.61 bits per heavy atom. The van der Waals surface area contributed by atoms with Gasteiger partial charge >= 0.3 is 0 Å². The molecule has 210 valence electrons. The molecule has 1 atom stereocenters. The van der Waals surface area contributed by atoms with Crippen molar-refractivity contribution in [2.75, 3.05) is 13.6 Å². The van der Waals surface area contributed by atoms with Crippen molar-refractivity contribution in [3.8, 4) is 11.3 Å². The van der Waals surface area contributed by atoms with Crippen molar-refractivity contribution >= 4 is 17.5 Å². The molecule has 4 aromatic rings. The molecule has 1 N–H and O–H groups in total. The fourth-order valence-corrected chi connectivity index (χ4v) is 6.64. The lowest BCUT2D eigenvalue weighted by Gasteiger charge is -2.35. The van der Waals surface area contributed by atoms with Gasteiger partial charge < -0.3 is 10.2 Å². The summed E-state index contributed by atoms with van der Waals surface area (Å²) >= 11 is 0. The molecule has 0 bridgehead atoms. The van der Waals surface area contributed by atoms with Crippen LogP contribution < -0.4 is 5.32 Å². The van der Waals surface area contributed by atoms with Crippen molar-refractivity contribution in [2.24, 2.45) is 5.92 Å². The summed E-state index contributed by atoms with van der Waals surface area (Å²) < 4.78 is 17.2. The number of amides is 2. The first-order chi connectivity index (χ1) is 19.9. The third kappa shape index (κ3) is 4.69. The number of fused-ring (bicyclic) bond motifs is 2. The highest BCUT2D eigenvalue weighted by molar-refractivity contribution is 5.93. The number of nitrogens with one attached hydrogen (secondary N) is 1. The summed E-state index contributed by atoms with van der Waals surface area (Å²) in [6.07, 6.45) is 5.23. The second kappa shape index (κ2) is 10.1. The van der Waals surface area contributed by atoms with Crippen molar-refractivity contribution in [1.82, 2.24) is 24.8 Å². The van der Waals surface area contributed by atoms with E-state index >= 15 is 4.39 Å². The maximum absolute atomic E-state index is 15.4. The smallest absolute Gasteiger partial charge is 0.273 e. The highest BCUT2D eigenvalue weighted by atomic mass is 19.1. The third-order valence-electron chi connectivity index (χ3n) is 9.25. The minimum Gasteiger partial charge on any atom is -0.359 e. The number of benzene rings is 2. The fourth-order valence-electron chi connectivity index (χ4n) is 6.64. The molecule has 0 unspecified atom stereocenters. The third-order valence-corrected chi connectivity index (χ3v) is 9.25. The Hall–Kier alpha value is -4.07. The maximum atomic E-state index is 15.4. The lowest BCUT2D eigenvalue weighted by atomic mass is 9.70. The topological polar surface area (TPSA) is 79.6 Å². The minimum atomic E-state index is -0.314. The zero-order valence-electron chi connectivity index (χ0n) is 23.4. The largest absolute Gasteiger partial charge is 0.359 e. The van der Waals surface area contributed by atoms with Crippen LogP contribution in [-0.2, 0) is 11.2 Å². The van der Waals surface area contributed by atoms with Crippen LogP contribution in [0.5, 0.6) is 0 Å². The van der Waals surface area contributed by atoms with E-state index in [1.54, 1.807) is 29.8 Å². The molecule has 0 spiro atoms. The Morgan fingerprint density at radius 2 is 1.85 bits per heavy atom. The highest BCUT2D eigenvalue weighted by Gasteiger charge is 2.34. The summed E-state index contributed by atoms with van der Waals surface area (Å²) in [6.45, 7) is 2.73. The van der Waals surface area contributed by atoms with Crippen LogP contribution in [0.4, 0.5) is 4.39 Å². The van der Waals surface area contributed by atoms with Gasteiger partial charge in [-0.15, -0.1) is 0 Å². The van der Waals surface area contributed by atoms with Gasteiger partial charge in [0, 0.05) is 43.3 Å². The average Bonchev–Trinajstić information content (AvgIpc) is 3.72. The highest BCUT2D eigenvalue weighted by Crippen LogP contribution is 2.44. The molecule has 2 aromatic heterocycles. The van der Waals surface area contributed by atoms with Crippen molar-refractivity contribution in [3.63, 3.8) is 0 Å². The van der Waals surface area contributed by atoms with E-state index in [9.17, 15) is 9.59 Å². The summed E-state index contributed by atoms with van der Waals surface area (Å²) in [5, 5.41) is 7.45. The number of nitrogens with zero attached hydrogens (tertiary/aromatic N) is 4. The van der Waals surface area contributed by atoms with Crippen LogP contribution in [0.15, 0.2) is 54.6 Å². The van der Waals surface area contributed by atoms with Crippen LogP contribution in [0.1, 0.15) is 89.8 Å². The lowest BCUT2D eigenvalue weighted by molar-refractivity contribution is -0.122. The van der Waals surface area contributed by atoms with Gasteiger partial charge in [-0.2, -0.15) is 5.10 Å². The van der Waals surface area contributed by atoms with Gasteiger partial charge in [0.25, 0.3) is 5.91 Å². The second-order valence-electron chi connectivity index (χ2n) is 11.9. The molecule has 2 amide bonds. The number of carbonyl (C=O) groups excluding carboxylic acids is 2. The Bertz CT molecular complexity index is 1670. The van der Waals surface area contributed by atoms with Crippen LogP contribution in [-0.4, -0.2) is 44.9 Å². The molecule has 41 heavy (non-hydrogen) atoms. The van der Waals surface area contributed by atoms with Gasteiger partial charge in [0.1, 0.15) is 11.5 Å². The molecule has 3 aliphatic rings. The molecular formula is C33H34FN5O2. The predicted molar refractivity (Wildman–Crippen MR) is 154 cm³/mol. The quantitative estimate of drug-likeness (QED) is 0.328. The summed E-state index contributed by atoms with van der Waals surface area (Å²) in [5.74, 6) is 0.618. The normalized spacial score (nSPS) is 21.8. The SMILES string of the molecule is CNC(=O)C[C@H]1C[C@@H](c2ccc(-c3cc4nc(C(=O)N5CCc6ccccc6[C@H]5C)cc(C5CC5)n4n3)c(F)c2)C1. The van der Waals surface area contributed by atoms with Crippen molar-refractivity contribution in [1.29, 1.82) is 0 Å². The van der Waals surface area contributed by atoms with Crippen LogP contribution >= 0.6 is 0 Å². The van der Waals surface area contributed by atoms with Gasteiger partial charge in [0.2, 0.25) is 5.91 Å². The molecule has 7 rings (SSSR count). The van der Waals surface area contributed by atoms with Crippen LogP contribution in [0.3, 0.4) is 0 Å². The number of hydrogen-bond acceptors (Lipinski definition) is 4. The van der Waals surface area contributed by atoms with Gasteiger partial charge in [-0.05, 0) is 85.8 Å². The van der Waals surface area contributed by atoms with Crippen LogP contribution in [0.2, 0.25) is 0 Å². The number of hydrogen-bond donors (Lipinski definition) is 1. The Balaban J connectivity index is 1.16. The van der Waals surface area contributed by atoms with E-state index in [-0.39, 0.29) is 29.6 Å². The molecule has 2 fully saturated rings. The van der Waals surface area contributed by atoms with Crippen LogP contribution in [0.25, 0.3) is 16.9 Å². The molecule has 7 nitrogen and oxygen atoms in total. The Kier molecular flexibility index (Phi) is 6.36. The van der Waals surface area contributed by atoms with Crippen molar-refractivity contribution in [2.45, 2.75) is 63.3 Å². The molecule has 0 saturated heterocycles. The van der Waals surface area contributed by atoms with E-state index in [0.29, 0.717) is 47.4 Å². The predicted octanol–water partition coefficient (Wildman–Crippen LogP) is 5.80. The average molecular weight is 552 g/mol. The lowest BCUT2D eigenvalue weighted by Crippen LogP contribution is -2.39. The number of halogens is 1. The van der Waals surface area contributed by atoms with Gasteiger partial charge in [-0.1, -0.05) is 30.3 Å². The van der Waals surface area contributed by atoms with Crippen molar-refractivity contribution in [3.05, 3.63) is 88.5 Å².